The van der Waals surface area contributed by atoms with Crippen LogP contribution in [0.4, 0.5) is 17.3 Å². The molecule has 6 heteroatoms. The van der Waals surface area contributed by atoms with Crippen LogP contribution in [0.2, 0.25) is 0 Å². The van der Waals surface area contributed by atoms with Crippen LogP contribution >= 0.6 is 0 Å². The number of nitrogens with zero attached hydrogens (tertiary/aromatic N) is 3. The number of rotatable bonds is 1. The first-order chi connectivity index (χ1) is 6.68. The number of carbonyl (C=O) groups excluding carboxylic acids is 1. The van der Waals surface area contributed by atoms with Crippen LogP contribution in [0.25, 0.3) is 0 Å². The molecule has 1 aliphatic rings. The molecule has 0 bridgehead atoms. The van der Waals surface area contributed by atoms with E-state index in [1.807, 2.05) is 19.0 Å². The molecule has 0 saturated heterocycles. The van der Waals surface area contributed by atoms with Crippen LogP contribution in [0.1, 0.15) is 0 Å². The fraction of sp³-hybridized carbons (Fsp3) is 0.375. The Morgan fingerprint density at radius 2 is 2.21 bits per heavy atom. The van der Waals surface area contributed by atoms with E-state index < -0.39 is 0 Å². The molecule has 74 valence electrons. The molecule has 0 unspecified atom stereocenters. The molecule has 6 nitrogen and oxygen atoms in total. The van der Waals surface area contributed by atoms with E-state index in [-0.39, 0.29) is 12.5 Å². The highest BCUT2D eigenvalue weighted by atomic mass is 16.2. The zero-order chi connectivity index (χ0) is 10.1. The van der Waals surface area contributed by atoms with Crippen molar-refractivity contribution in [2.45, 2.75) is 0 Å². The minimum atomic E-state index is -0.0737. The van der Waals surface area contributed by atoms with Gasteiger partial charge >= 0.3 is 0 Å². The quantitative estimate of drug-likeness (QED) is 0.652. The van der Waals surface area contributed by atoms with Crippen molar-refractivity contribution in [1.29, 1.82) is 0 Å². The summed E-state index contributed by atoms with van der Waals surface area (Å²) in [4.78, 5) is 21.1. The lowest BCUT2D eigenvalue weighted by atomic mass is 10.3. The van der Waals surface area contributed by atoms with Crippen LogP contribution in [-0.4, -0.2) is 36.5 Å². The molecular weight excluding hydrogens is 182 g/mol. The maximum Gasteiger partial charge on any atom is 0.243 e. The summed E-state index contributed by atoms with van der Waals surface area (Å²) in [6, 6.07) is 0. The molecule has 0 atom stereocenters. The third kappa shape index (κ3) is 1.34. The van der Waals surface area contributed by atoms with Crippen LogP contribution in [-0.2, 0) is 4.79 Å². The summed E-state index contributed by atoms with van der Waals surface area (Å²) in [7, 11) is 3.73. The molecule has 2 rings (SSSR count). The molecule has 2 N–H and O–H groups in total. The summed E-state index contributed by atoms with van der Waals surface area (Å²) < 4.78 is 0. The predicted octanol–water partition coefficient (Wildman–Crippen LogP) is -0.0934. The second kappa shape index (κ2) is 3.13. The van der Waals surface area contributed by atoms with Gasteiger partial charge in [0.1, 0.15) is 12.0 Å². The third-order valence-electron chi connectivity index (χ3n) is 1.93. The molecule has 0 fully saturated rings. The summed E-state index contributed by atoms with van der Waals surface area (Å²) >= 11 is 0. The molecule has 0 spiro atoms. The molecule has 1 aromatic rings. The Morgan fingerprint density at radius 3 is 2.93 bits per heavy atom. The molecule has 0 aliphatic carbocycles. The molecule has 1 amide bonds. The number of aromatic nitrogens is 2. The first-order valence-corrected chi connectivity index (χ1v) is 4.24. The molecule has 1 aromatic heterocycles. The van der Waals surface area contributed by atoms with E-state index in [1.165, 1.54) is 6.33 Å². The van der Waals surface area contributed by atoms with Gasteiger partial charge in [-0.3, -0.25) is 4.79 Å². The maximum atomic E-state index is 11.2. The van der Waals surface area contributed by atoms with Gasteiger partial charge in [0.05, 0.1) is 6.54 Å². The van der Waals surface area contributed by atoms with Crippen molar-refractivity contribution in [3.63, 3.8) is 0 Å². The zero-order valence-corrected chi connectivity index (χ0v) is 8.03. The van der Waals surface area contributed by atoms with Gasteiger partial charge < -0.3 is 15.5 Å². The molecule has 1 aliphatic heterocycles. The number of fused-ring (bicyclic) bond motifs is 1. The van der Waals surface area contributed by atoms with E-state index in [2.05, 4.69) is 20.6 Å². The minimum absolute atomic E-state index is 0.0737. The third-order valence-corrected chi connectivity index (χ3v) is 1.93. The van der Waals surface area contributed by atoms with Crippen LogP contribution in [0.15, 0.2) is 6.33 Å². The Morgan fingerprint density at radius 1 is 1.43 bits per heavy atom. The Labute approximate surface area is 81.3 Å². The first kappa shape index (κ1) is 8.74. The number of hydrogen-bond donors (Lipinski definition) is 2. The van der Waals surface area contributed by atoms with Crippen molar-refractivity contribution in [2.24, 2.45) is 0 Å². The van der Waals surface area contributed by atoms with Gasteiger partial charge in [-0.05, 0) is 0 Å². The van der Waals surface area contributed by atoms with Gasteiger partial charge in [0, 0.05) is 14.1 Å². The second-order valence-electron chi connectivity index (χ2n) is 3.22. The van der Waals surface area contributed by atoms with Crippen molar-refractivity contribution in [2.75, 3.05) is 36.2 Å². The standard InChI is InChI=1S/C8H11N5O/c1-13(2)8-6-7(10-4-11-8)9-3-5(14)12-6/h4H,3H2,1-2H3,(H,12,14)(H,9,10,11). The first-order valence-electron chi connectivity index (χ1n) is 4.24. The van der Waals surface area contributed by atoms with Gasteiger partial charge in [0.15, 0.2) is 11.6 Å². The van der Waals surface area contributed by atoms with E-state index in [0.717, 1.165) is 0 Å². The fourth-order valence-electron chi connectivity index (χ4n) is 1.31. The number of hydrogen-bond acceptors (Lipinski definition) is 5. The Balaban J connectivity index is 2.48. The highest BCUT2D eigenvalue weighted by molar-refractivity contribution is 6.02. The highest BCUT2D eigenvalue weighted by Gasteiger charge is 2.19. The van der Waals surface area contributed by atoms with Crippen LogP contribution in [0.3, 0.4) is 0 Å². The highest BCUT2D eigenvalue weighted by Crippen LogP contribution is 2.29. The maximum absolute atomic E-state index is 11.2. The minimum Gasteiger partial charge on any atom is -0.361 e. The Bertz CT molecular complexity index is 376. The van der Waals surface area contributed by atoms with Gasteiger partial charge in [-0.25, -0.2) is 9.97 Å². The molecule has 0 saturated carbocycles. The topological polar surface area (TPSA) is 70.2 Å². The van der Waals surface area contributed by atoms with Crippen molar-refractivity contribution in [3.8, 4) is 0 Å². The van der Waals surface area contributed by atoms with Crippen molar-refractivity contribution < 1.29 is 4.79 Å². The lowest BCUT2D eigenvalue weighted by Gasteiger charge is -2.22. The zero-order valence-electron chi connectivity index (χ0n) is 8.03. The fourth-order valence-corrected chi connectivity index (χ4v) is 1.31. The summed E-state index contributed by atoms with van der Waals surface area (Å²) in [5, 5.41) is 5.66. The lowest BCUT2D eigenvalue weighted by Crippen LogP contribution is -2.30. The summed E-state index contributed by atoms with van der Waals surface area (Å²) in [6.07, 6.45) is 1.47. The SMILES string of the molecule is CN(C)c1ncnc2c1NC(=O)CN2. The average Bonchev–Trinajstić information content (AvgIpc) is 2.16. The summed E-state index contributed by atoms with van der Waals surface area (Å²) in [5.74, 6) is 1.30. The number of anilines is 3. The van der Waals surface area contributed by atoms with Crippen molar-refractivity contribution in [1.82, 2.24) is 9.97 Å². The second-order valence-corrected chi connectivity index (χ2v) is 3.22. The monoisotopic (exact) mass is 193 g/mol. The van der Waals surface area contributed by atoms with Gasteiger partial charge in [-0.2, -0.15) is 0 Å². The molecule has 0 aromatic carbocycles. The van der Waals surface area contributed by atoms with E-state index in [1.54, 1.807) is 0 Å². The summed E-state index contributed by atoms with van der Waals surface area (Å²) in [5.41, 5.74) is 0.647. The van der Waals surface area contributed by atoms with Gasteiger partial charge in [0.25, 0.3) is 0 Å². The smallest absolute Gasteiger partial charge is 0.243 e. The average molecular weight is 193 g/mol. The van der Waals surface area contributed by atoms with Crippen LogP contribution in [0, 0.1) is 0 Å². The molecule has 14 heavy (non-hydrogen) atoms. The molecule has 0 radical (unpaired) electrons. The van der Waals surface area contributed by atoms with E-state index in [0.29, 0.717) is 17.3 Å². The van der Waals surface area contributed by atoms with Gasteiger partial charge in [0.2, 0.25) is 5.91 Å². The van der Waals surface area contributed by atoms with Gasteiger partial charge in [-0.15, -0.1) is 0 Å². The molecule has 2 heterocycles. The Kier molecular flexibility index (Phi) is 1.95. The van der Waals surface area contributed by atoms with Crippen LogP contribution < -0.4 is 15.5 Å². The largest absolute Gasteiger partial charge is 0.361 e. The van der Waals surface area contributed by atoms with Crippen molar-refractivity contribution >= 4 is 23.2 Å². The van der Waals surface area contributed by atoms with Crippen molar-refractivity contribution in [3.05, 3.63) is 6.33 Å². The number of amides is 1. The predicted molar refractivity (Wildman–Crippen MR) is 53.5 cm³/mol. The van der Waals surface area contributed by atoms with E-state index in [4.69, 9.17) is 0 Å². The van der Waals surface area contributed by atoms with Gasteiger partial charge in [-0.1, -0.05) is 0 Å². The van der Waals surface area contributed by atoms with E-state index >= 15 is 0 Å². The Hall–Kier alpha value is -1.85. The number of nitrogens with one attached hydrogen (secondary N) is 2. The molecular formula is C8H11N5O. The lowest BCUT2D eigenvalue weighted by molar-refractivity contribution is -0.114. The number of carbonyl (C=O) groups is 1. The van der Waals surface area contributed by atoms with Crippen LogP contribution in [0.5, 0.6) is 0 Å². The normalized spacial score (nSPS) is 14.0. The summed E-state index contributed by atoms with van der Waals surface area (Å²) in [6.45, 7) is 0.261. The van der Waals surface area contributed by atoms with E-state index in [9.17, 15) is 4.79 Å².